The summed E-state index contributed by atoms with van der Waals surface area (Å²) in [4.78, 5) is 11.0. The summed E-state index contributed by atoms with van der Waals surface area (Å²) in [5, 5.41) is -0.491. The van der Waals surface area contributed by atoms with Crippen molar-refractivity contribution in [3.05, 3.63) is 28.2 Å². The maximum atomic E-state index is 11.0. The molecule has 0 aliphatic carbocycles. The molecule has 0 radical (unpaired) electrons. The molecule has 0 N–H and O–H groups in total. The summed E-state index contributed by atoms with van der Waals surface area (Å²) in [6.07, 6.45) is 0.794. The predicted octanol–water partition coefficient (Wildman–Crippen LogP) is 3.24. The lowest BCUT2D eigenvalue weighted by Crippen LogP contribution is -2.02. The number of ether oxygens (including phenoxy) is 2. The topological polar surface area (TPSA) is 35.5 Å². The third kappa shape index (κ3) is 4.12. The van der Waals surface area contributed by atoms with Crippen LogP contribution in [0.25, 0.3) is 0 Å². The van der Waals surface area contributed by atoms with Crippen LogP contribution in [0.2, 0.25) is 0 Å². The van der Waals surface area contributed by atoms with E-state index in [1.807, 2.05) is 0 Å². The molecule has 0 heterocycles. The van der Waals surface area contributed by atoms with E-state index in [0.29, 0.717) is 24.5 Å². The molecule has 1 aromatic carbocycles. The van der Waals surface area contributed by atoms with Gasteiger partial charge in [0.2, 0.25) is 0 Å². The summed E-state index contributed by atoms with van der Waals surface area (Å²) < 4.78 is 11.2. The molecule has 0 fully saturated rings. The molecule has 1 aromatic rings. The van der Waals surface area contributed by atoms with Crippen LogP contribution in [0.1, 0.15) is 16.8 Å². The van der Waals surface area contributed by atoms with Crippen molar-refractivity contribution in [3.8, 4) is 5.75 Å². The zero-order chi connectivity index (χ0) is 12.0. The first kappa shape index (κ1) is 13.5. The van der Waals surface area contributed by atoms with E-state index in [1.165, 1.54) is 0 Å². The number of rotatable bonds is 6. The lowest BCUT2D eigenvalue weighted by molar-refractivity contribution is 0.108. The maximum Gasteiger partial charge on any atom is 0.252 e. The Morgan fingerprint density at radius 2 is 2.19 bits per heavy atom. The van der Waals surface area contributed by atoms with Crippen molar-refractivity contribution in [2.24, 2.45) is 0 Å². The lowest BCUT2D eigenvalue weighted by Gasteiger charge is -2.08. The molecule has 16 heavy (non-hydrogen) atoms. The third-order valence-corrected chi connectivity index (χ3v) is 2.78. The number of benzene rings is 1. The summed E-state index contributed by atoms with van der Waals surface area (Å²) in [7, 11) is 1.64. The number of hydrogen-bond acceptors (Lipinski definition) is 3. The number of carbonyl (C=O) groups excluding carboxylic acids is 1. The van der Waals surface area contributed by atoms with Crippen LogP contribution >= 0.6 is 27.5 Å². The second-order valence-electron chi connectivity index (χ2n) is 3.11. The molecule has 0 aromatic heterocycles. The fraction of sp³-hybridized carbons (Fsp3) is 0.364. The third-order valence-electron chi connectivity index (χ3n) is 1.91. The molecule has 0 unspecified atom stereocenters. The van der Waals surface area contributed by atoms with E-state index in [1.54, 1.807) is 25.3 Å². The molecule has 1 rings (SSSR count). The fourth-order valence-corrected chi connectivity index (χ4v) is 1.60. The Hall–Kier alpha value is -0.580. The van der Waals surface area contributed by atoms with E-state index in [-0.39, 0.29) is 0 Å². The van der Waals surface area contributed by atoms with Crippen LogP contribution in [0.4, 0.5) is 0 Å². The Morgan fingerprint density at radius 1 is 1.44 bits per heavy atom. The normalized spacial score (nSPS) is 10.2. The Labute approximate surface area is 108 Å². The molecule has 0 bridgehead atoms. The van der Waals surface area contributed by atoms with Gasteiger partial charge in [-0.2, -0.15) is 0 Å². The van der Waals surface area contributed by atoms with Gasteiger partial charge in [-0.05, 0) is 45.7 Å². The predicted molar refractivity (Wildman–Crippen MR) is 66.3 cm³/mol. The monoisotopic (exact) mass is 306 g/mol. The maximum absolute atomic E-state index is 11.0. The van der Waals surface area contributed by atoms with Crippen LogP contribution in [-0.4, -0.2) is 25.6 Å². The highest BCUT2D eigenvalue weighted by Crippen LogP contribution is 2.26. The summed E-state index contributed by atoms with van der Waals surface area (Å²) in [6, 6.07) is 4.99. The Morgan fingerprint density at radius 3 is 2.81 bits per heavy atom. The van der Waals surface area contributed by atoms with Crippen molar-refractivity contribution in [2.45, 2.75) is 6.42 Å². The average Bonchev–Trinajstić information content (AvgIpc) is 2.26. The molecule has 88 valence electrons. The number of halogens is 2. The largest absolute Gasteiger partial charge is 0.492 e. The van der Waals surface area contributed by atoms with Gasteiger partial charge in [0.05, 0.1) is 11.1 Å². The number of hydrogen-bond donors (Lipinski definition) is 0. The van der Waals surface area contributed by atoms with Gasteiger partial charge in [-0.1, -0.05) is 0 Å². The van der Waals surface area contributed by atoms with Gasteiger partial charge in [-0.3, -0.25) is 4.79 Å². The molecule has 0 spiro atoms. The smallest absolute Gasteiger partial charge is 0.252 e. The summed E-state index contributed by atoms with van der Waals surface area (Å²) in [5.41, 5.74) is 0.423. The number of methoxy groups -OCH3 is 1. The second kappa shape index (κ2) is 6.89. The van der Waals surface area contributed by atoms with E-state index >= 15 is 0 Å². The molecule has 0 saturated carbocycles. The standard InChI is InChI=1S/C11H12BrClO3/c1-15-5-2-6-16-10-7-8(11(13)14)3-4-9(10)12/h3-4,7H,2,5-6H2,1H3. The van der Waals surface area contributed by atoms with Crippen LogP contribution < -0.4 is 4.74 Å². The highest BCUT2D eigenvalue weighted by molar-refractivity contribution is 9.10. The quantitative estimate of drug-likeness (QED) is 0.598. The molecule has 0 aliphatic heterocycles. The molecule has 0 atom stereocenters. The molecule has 0 amide bonds. The SMILES string of the molecule is COCCCOc1cc(C(=O)Cl)ccc1Br. The minimum absolute atomic E-state index is 0.423. The average molecular weight is 308 g/mol. The van der Waals surface area contributed by atoms with Gasteiger partial charge in [0, 0.05) is 25.7 Å². The van der Waals surface area contributed by atoms with Crippen molar-refractivity contribution in [1.82, 2.24) is 0 Å². The first-order chi connectivity index (χ1) is 7.65. The molecular formula is C11H12BrClO3. The van der Waals surface area contributed by atoms with Crippen molar-refractivity contribution in [1.29, 1.82) is 0 Å². The van der Waals surface area contributed by atoms with E-state index < -0.39 is 5.24 Å². The molecular weight excluding hydrogens is 295 g/mol. The van der Waals surface area contributed by atoms with Gasteiger partial charge in [-0.15, -0.1) is 0 Å². The lowest BCUT2D eigenvalue weighted by atomic mass is 10.2. The molecule has 0 aliphatic rings. The number of carbonyl (C=O) groups is 1. The first-order valence-electron chi connectivity index (χ1n) is 4.76. The van der Waals surface area contributed by atoms with E-state index in [4.69, 9.17) is 21.1 Å². The van der Waals surface area contributed by atoms with E-state index in [9.17, 15) is 4.79 Å². The Kier molecular flexibility index (Phi) is 5.80. The van der Waals surface area contributed by atoms with Crippen LogP contribution in [0.5, 0.6) is 5.75 Å². The zero-order valence-corrected chi connectivity index (χ0v) is 11.2. The van der Waals surface area contributed by atoms with Gasteiger partial charge < -0.3 is 9.47 Å². The van der Waals surface area contributed by atoms with Crippen molar-refractivity contribution in [2.75, 3.05) is 20.3 Å². The van der Waals surface area contributed by atoms with E-state index in [0.717, 1.165) is 10.9 Å². The van der Waals surface area contributed by atoms with Crippen LogP contribution in [-0.2, 0) is 4.74 Å². The highest BCUT2D eigenvalue weighted by atomic mass is 79.9. The van der Waals surface area contributed by atoms with Crippen molar-refractivity contribution >= 4 is 32.8 Å². The molecule has 3 nitrogen and oxygen atoms in total. The fourth-order valence-electron chi connectivity index (χ4n) is 1.12. The van der Waals surface area contributed by atoms with Crippen LogP contribution in [0, 0.1) is 0 Å². The summed E-state index contributed by atoms with van der Waals surface area (Å²) >= 11 is 8.72. The van der Waals surface area contributed by atoms with Crippen molar-refractivity contribution < 1.29 is 14.3 Å². The summed E-state index contributed by atoms with van der Waals surface area (Å²) in [5.74, 6) is 0.614. The van der Waals surface area contributed by atoms with Gasteiger partial charge in [0.25, 0.3) is 5.24 Å². The van der Waals surface area contributed by atoms with E-state index in [2.05, 4.69) is 15.9 Å². The van der Waals surface area contributed by atoms with Crippen LogP contribution in [0.3, 0.4) is 0 Å². The zero-order valence-electron chi connectivity index (χ0n) is 8.83. The Bertz CT molecular complexity index is 368. The highest BCUT2D eigenvalue weighted by Gasteiger charge is 2.07. The minimum atomic E-state index is -0.491. The molecule has 0 saturated heterocycles. The second-order valence-corrected chi connectivity index (χ2v) is 4.31. The van der Waals surface area contributed by atoms with Gasteiger partial charge >= 0.3 is 0 Å². The summed E-state index contributed by atoms with van der Waals surface area (Å²) in [6.45, 7) is 1.18. The van der Waals surface area contributed by atoms with Gasteiger partial charge in [0.15, 0.2) is 0 Å². The minimum Gasteiger partial charge on any atom is -0.492 e. The molecule has 5 heteroatoms. The van der Waals surface area contributed by atoms with Crippen molar-refractivity contribution in [3.63, 3.8) is 0 Å². The van der Waals surface area contributed by atoms with Crippen LogP contribution in [0.15, 0.2) is 22.7 Å². The van der Waals surface area contributed by atoms with Gasteiger partial charge in [0.1, 0.15) is 5.75 Å². The van der Waals surface area contributed by atoms with Gasteiger partial charge in [-0.25, -0.2) is 0 Å². The first-order valence-corrected chi connectivity index (χ1v) is 5.93. The Balaban J connectivity index is 2.63.